The van der Waals surface area contributed by atoms with Gasteiger partial charge in [-0.3, -0.25) is 4.90 Å². The van der Waals surface area contributed by atoms with E-state index < -0.39 is 0 Å². The van der Waals surface area contributed by atoms with Crippen molar-refractivity contribution < 1.29 is 9.13 Å². The Labute approximate surface area is 127 Å². The van der Waals surface area contributed by atoms with E-state index in [0.29, 0.717) is 17.8 Å². The SMILES string of the molecule is CCCN(Cc1ccc(OC)c(F)c1)C1CCC(N)CC1. The molecule has 0 aromatic heterocycles. The molecule has 21 heavy (non-hydrogen) atoms. The summed E-state index contributed by atoms with van der Waals surface area (Å²) in [5.74, 6) is 0.0292. The highest BCUT2D eigenvalue weighted by molar-refractivity contribution is 5.29. The molecule has 2 rings (SSSR count). The fourth-order valence-electron chi connectivity index (χ4n) is 3.19. The van der Waals surface area contributed by atoms with Crippen molar-refractivity contribution in [2.24, 2.45) is 5.73 Å². The van der Waals surface area contributed by atoms with Crippen molar-refractivity contribution in [3.63, 3.8) is 0 Å². The molecule has 0 bridgehead atoms. The lowest BCUT2D eigenvalue weighted by molar-refractivity contribution is 0.142. The van der Waals surface area contributed by atoms with Gasteiger partial charge < -0.3 is 10.5 Å². The first kappa shape index (κ1) is 16.2. The summed E-state index contributed by atoms with van der Waals surface area (Å²) in [7, 11) is 1.49. The van der Waals surface area contributed by atoms with Crippen LogP contribution in [0.3, 0.4) is 0 Å². The van der Waals surface area contributed by atoms with Crippen LogP contribution < -0.4 is 10.5 Å². The molecule has 0 amide bonds. The number of halogens is 1. The number of ether oxygens (including phenoxy) is 1. The summed E-state index contributed by atoms with van der Waals surface area (Å²) in [6.07, 6.45) is 5.62. The molecule has 1 fully saturated rings. The van der Waals surface area contributed by atoms with E-state index in [1.807, 2.05) is 6.07 Å². The zero-order chi connectivity index (χ0) is 15.2. The second-order valence-electron chi connectivity index (χ2n) is 6.01. The molecule has 1 aromatic rings. The topological polar surface area (TPSA) is 38.5 Å². The van der Waals surface area contributed by atoms with Gasteiger partial charge in [-0.15, -0.1) is 0 Å². The maximum Gasteiger partial charge on any atom is 0.165 e. The van der Waals surface area contributed by atoms with Crippen LogP contribution in [0.2, 0.25) is 0 Å². The fourth-order valence-corrected chi connectivity index (χ4v) is 3.19. The van der Waals surface area contributed by atoms with Crippen LogP contribution in [-0.2, 0) is 6.54 Å². The van der Waals surface area contributed by atoms with Crippen LogP contribution in [-0.4, -0.2) is 30.6 Å². The molecule has 0 aliphatic heterocycles. The average molecular weight is 294 g/mol. The van der Waals surface area contributed by atoms with Crippen LogP contribution in [0.4, 0.5) is 4.39 Å². The van der Waals surface area contributed by atoms with Gasteiger partial charge in [-0.05, 0) is 56.3 Å². The van der Waals surface area contributed by atoms with Crippen molar-refractivity contribution in [1.29, 1.82) is 0 Å². The van der Waals surface area contributed by atoms with E-state index in [0.717, 1.165) is 50.8 Å². The first-order valence-corrected chi connectivity index (χ1v) is 7.96. The van der Waals surface area contributed by atoms with Gasteiger partial charge in [0.2, 0.25) is 0 Å². The zero-order valence-electron chi connectivity index (χ0n) is 13.1. The first-order valence-electron chi connectivity index (χ1n) is 7.96. The minimum atomic E-state index is -0.280. The van der Waals surface area contributed by atoms with Gasteiger partial charge in [0.05, 0.1) is 7.11 Å². The van der Waals surface area contributed by atoms with Crippen molar-refractivity contribution in [3.05, 3.63) is 29.6 Å². The van der Waals surface area contributed by atoms with Crippen LogP contribution in [0, 0.1) is 5.82 Å². The molecule has 0 radical (unpaired) electrons. The molecule has 1 aromatic carbocycles. The van der Waals surface area contributed by atoms with Crippen LogP contribution in [0.1, 0.15) is 44.6 Å². The molecule has 4 heteroatoms. The Morgan fingerprint density at radius 1 is 1.29 bits per heavy atom. The monoisotopic (exact) mass is 294 g/mol. The normalized spacial score (nSPS) is 22.5. The van der Waals surface area contributed by atoms with Crippen molar-refractivity contribution in [2.45, 2.75) is 57.7 Å². The number of benzene rings is 1. The van der Waals surface area contributed by atoms with Crippen molar-refractivity contribution in [2.75, 3.05) is 13.7 Å². The average Bonchev–Trinajstić information content (AvgIpc) is 2.48. The maximum atomic E-state index is 13.8. The minimum Gasteiger partial charge on any atom is -0.494 e. The number of hydrogen-bond donors (Lipinski definition) is 1. The van der Waals surface area contributed by atoms with Crippen LogP contribution >= 0.6 is 0 Å². The van der Waals surface area contributed by atoms with E-state index in [1.54, 1.807) is 12.1 Å². The Morgan fingerprint density at radius 3 is 2.57 bits per heavy atom. The number of hydrogen-bond acceptors (Lipinski definition) is 3. The van der Waals surface area contributed by atoms with Crippen molar-refractivity contribution in [1.82, 2.24) is 4.90 Å². The summed E-state index contributed by atoms with van der Waals surface area (Å²) < 4.78 is 18.8. The van der Waals surface area contributed by atoms with Crippen molar-refractivity contribution in [3.8, 4) is 5.75 Å². The van der Waals surface area contributed by atoms with Gasteiger partial charge in [0, 0.05) is 18.6 Å². The Balaban J connectivity index is 2.03. The summed E-state index contributed by atoms with van der Waals surface area (Å²) in [5, 5.41) is 0. The maximum absolute atomic E-state index is 13.8. The van der Waals surface area contributed by atoms with Crippen LogP contribution in [0.15, 0.2) is 18.2 Å². The molecule has 1 saturated carbocycles. The summed E-state index contributed by atoms with van der Waals surface area (Å²) in [5.41, 5.74) is 7.00. The van der Waals surface area contributed by atoms with E-state index in [-0.39, 0.29) is 5.82 Å². The van der Waals surface area contributed by atoms with Gasteiger partial charge in [0.25, 0.3) is 0 Å². The quantitative estimate of drug-likeness (QED) is 0.874. The Morgan fingerprint density at radius 2 is 2.00 bits per heavy atom. The molecular weight excluding hydrogens is 267 g/mol. The molecule has 0 heterocycles. The standard InChI is InChI=1S/C17H27FN2O/c1-3-10-20(15-7-5-14(19)6-8-15)12-13-4-9-17(21-2)16(18)11-13/h4,9,11,14-15H,3,5-8,10,12,19H2,1-2H3. The van der Waals surface area contributed by atoms with Crippen molar-refractivity contribution >= 4 is 0 Å². The fraction of sp³-hybridized carbons (Fsp3) is 0.647. The zero-order valence-corrected chi connectivity index (χ0v) is 13.1. The number of rotatable bonds is 6. The highest BCUT2D eigenvalue weighted by Crippen LogP contribution is 2.25. The smallest absolute Gasteiger partial charge is 0.165 e. The highest BCUT2D eigenvalue weighted by atomic mass is 19.1. The Hall–Kier alpha value is -1.13. The van der Waals surface area contributed by atoms with Crippen LogP contribution in [0.25, 0.3) is 0 Å². The Bertz CT molecular complexity index is 444. The van der Waals surface area contributed by atoms with Gasteiger partial charge in [0.15, 0.2) is 11.6 Å². The summed E-state index contributed by atoms with van der Waals surface area (Å²) in [6, 6.07) is 6.21. The Kier molecular flexibility index (Phi) is 6.00. The van der Waals surface area contributed by atoms with E-state index in [9.17, 15) is 4.39 Å². The van der Waals surface area contributed by atoms with Gasteiger partial charge in [-0.1, -0.05) is 13.0 Å². The van der Waals surface area contributed by atoms with Gasteiger partial charge in [-0.25, -0.2) is 4.39 Å². The van der Waals surface area contributed by atoms with E-state index in [1.165, 1.54) is 7.11 Å². The molecule has 2 N–H and O–H groups in total. The predicted molar refractivity (Wildman–Crippen MR) is 83.9 cm³/mol. The third-order valence-corrected chi connectivity index (χ3v) is 4.37. The summed E-state index contributed by atoms with van der Waals surface area (Å²) in [6.45, 7) is 4.04. The van der Waals surface area contributed by atoms with E-state index in [4.69, 9.17) is 10.5 Å². The van der Waals surface area contributed by atoms with Gasteiger partial charge in [-0.2, -0.15) is 0 Å². The third kappa shape index (κ3) is 4.42. The molecule has 1 aliphatic rings. The lowest BCUT2D eigenvalue weighted by Crippen LogP contribution is -2.40. The van der Waals surface area contributed by atoms with E-state index >= 15 is 0 Å². The molecule has 1 aliphatic carbocycles. The second kappa shape index (κ2) is 7.76. The number of methoxy groups -OCH3 is 1. The summed E-state index contributed by atoms with van der Waals surface area (Å²) in [4.78, 5) is 2.48. The molecule has 118 valence electrons. The lowest BCUT2D eigenvalue weighted by atomic mass is 9.90. The van der Waals surface area contributed by atoms with Crippen LogP contribution in [0.5, 0.6) is 5.75 Å². The van der Waals surface area contributed by atoms with Gasteiger partial charge in [0.1, 0.15) is 0 Å². The molecular formula is C17H27FN2O. The second-order valence-corrected chi connectivity index (χ2v) is 6.01. The minimum absolute atomic E-state index is 0.280. The third-order valence-electron chi connectivity index (χ3n) is 4.37. The van der Waals surface area contributed by atoms with E-state index in [2.05, 4.69) is 11.8 Å². The molecule has 0 atom stereocenters. The molecule has 0 saturated heterocycles. The first-order chi connectivity index (χ1) is 10.1. The number of nitrogens with two attached hydrogens (primary N) is 1. The summed E-state index contributed by atoms with van der Waals surface area (Å²) >= 11 is 0. The molecule has 3 nitrogen and oxygen atoms in total. The largest absolute Gasteiger partial charge is 0.494 e. The lowest BCUT2D eigenvalue weighted by Gasteiger charge is -2.36. The molecule has 0 spiro atoms. The predicted octanol–water partition coefficient (Wildman–Crippen LogP) is 3.32. The number of nitrogens with zero attached hydrogens (tertiary/aromatic N) is 1. The molecule has 0 unspecified atom stereocenters. The van der Waals surface area contributed by atoms with Gasteiger partial charge >= 0.3 is 0 Å². The highest BCUT2D eigenvalue weighted by Gasteiger charge is 2.24.